The number of benzene rings is 1. The van der Waals surface area contributed by atoms with Crippen molar-refractivity contribution in [1.82, 2.24) is 4.98 Å². The first kappa shape index (κ1) is 16.6. The number of rotatable bonds is 6. The van der Waals surface area contributed by atoms with Crippen molar-refractivity contribution in [1.29, 1.82) is 0 Å². The molecule has 0 unspecified atom stereocenters. The van der Waals surface area contributed by atoms with Crippen LogP contribution in [0.2, 0.25) is 0 Å². The summed E-state index contributed by atoms with van der Waals surface area (Å²) in [6.45, 7) is 4.09. The lowest BCUT2D eigenvalue weighted by molar-refractivity contribution is 0.102. The van der Waals surface area contributed by atoms with Crippen LogP contribution in [0.1, 0.15) is 24.2 Å². The van der Waals surface area contributed by atoms with Gasteiger partial charge in [0.25, 0.3) is 5.91 Å². The second-order valence-corrected chi connectivity index (χ2v) is 5.22. The predicted molar refractivity (Wildman–Crippen MR) is 90.5 cm³/mol. The minimum absolute atomic E-state index is 0.315. The fraction of sp³-hybridized carbons (Fsp3) is 0.294. The van der Waals surface area contributed by atoms with E-state index >= 15 is 0 Å². The monoisotopic (exact) mass is 315 g/mol. The van der Waals surface area contributed by atoms with Crippen molar-refractivity contribution in [3.8, 4) is 11.5 Å². The molecule has 0 atom stereocenters. The molecule has 0 aliphatic rings. The van der Waals surface area contributed by atoms with Gasteiger partial charge in [-0.15, -0.1) is 0 Å². The second-order valence-electron chi connectivity index (χ2n) is 5.22. The van der Waals surface area contributed by atoms with Crippen LogP contribution in [-0.2, 0) is 0 Å². The zero-order chi connectivity index (χ0) is 16.8. The van der Waals surface area contributed by atoms with Crippen molar-refractivity contribution >= 4 is 17.4 Å². The Morgan fingerprint density at radius 3 is 2.22 bits per heavy atom. The van der Waals surface area contributed by atoms with E-state index in [2.05, 4.69) is 15.6 Å². The van der Waals surface area contributed by atoms with Gasteiger partial charge < -0.3 is 20.1 Å². The molecule has 1 amide bonds. The average Bonchev–Trinajstić information content (AvgIpc) is 2.55. The van der Waals surface area contributed by atoms with Crippen LogP contribution < -0.4 is 20.1 Å². The standard InChI is InChI=1S/C17H21N3O3/c1-11(2)19-12-8-9-15(18-10-12)20-17(21)16-13(22-3)6-5-7-14(16)23-4/h5-11,19H,1-4H3,(H,18,20,21). The van der Waals surface area contributed by atoms with Crippen LogP contribution >= 0.6 is 0 Å². The molecule has 0 saturated carbocycles. The SMILES string of the molecule is COc1cccc(OC)c1C(=O)Nc1ccc(NC(C)C)cn1. The lowest BCUT2D eigenvalue weighted by atomic mass is 10.1. The number of hydrogen-bond donors (Lipinski definition) is 2. The van der Waals surface area contributed by atoms with Gasteiger partial charge in [-0.25, -0.2) is 4.98 Å². The van der Waals surface area contributed by atoms with E-state index in [1.54, 1.807) is 30.5 Å². The van der Waals surface area contributed by atoms with Gasteiger partial charge in [-0.1, -0.05) is 6.07 Å². The Morgan fingerprint density at radius 2 is 1.74 bits per heavy atom. The van der Waals surface area contributed by atoms with Gasteiger partial charge >= 0.3 is 0 Å². The summed E-state index contributed by atoms with van der Waals surface area (Å²) in [6, 6.07) is 9.10. The maximum absolute atomic E-state index is 12.5. The predicted octanol–water partition coefficient (Wildman–Crippen LogP) is 3.17. The molecule has 2 N–H and O–H groups in total. The number of carbonyl (C=O) groups is 1. The van der Waals surface area contributed by atoms with Crippen LogP contribution in [0.25, 0.3) is 0 Å². The van der Waals surface area contributed by atoms with Crippen LogP contribution in [0.5, 0.6) is 11.5 Å². The molecule has 0 bridgehead atoms. The number of anilines is 2. The van der Waals surface area contributed by atoms with Crippen LogP contribution in [0, 0.1) is 0 Å². The highest BCUT2D eigenvalue weighted by atomic mass is 16.5. The molecule has 6 nitrogen and oxygen atoms in total. The average molecular weight is 315 g/mol. The minimum atomic E-state index is -0.337. The maximum Gasteiger partial charge on any atom is 0.264 e. The van der Waals surface area contributed by atoms with Gasteiger partial charge in [-0.3, -0.25) is 4.79 Å². The number of ether oxygens (including phenoxy) is 2. The summed E-state index contributed by atoms with van der Waals surface area (Å²) in [5, 5.41) is 5.99. The van der Waals surface area contributed by atoms with Gasteiger partial charge in [0, 0.05) is 6.04 Å². The van der Waals surface area contributed by atoms with E-state index in [9.17, 15) is 4.79 Å². The Kier molecular flexibility index (Phi) is 5.41. The van der Waals surface area contributed by atoms with E-state index in [0.717, 1.165) is 5.69 Å². The van der Waals surface area contributed by atoms with Crippen LogP contribution in [0.15, 0.2) is 36.5 Å². The highest BCUT2D eigenvalue weighted by Crippen LogP contribution is 2.28. The van der Waals surface area contributed by atoms with E-state index < -0.39 is 0 Å². The van der Waals surface area contributed by atoms with Crippen molar-refractivity contribution < 1.29 is 14.3 Å². The summed E-state index contributed by atoms with van der Waals surface area (Å²) in [6.07, 6.45) is 1.68. The lowest BCUT2D eigenvalue weighted by Crippen LogP contribution is -2.16. The quantitative estimate of drug-likeness (QED) is 0.856. The number of amides is 1. The Bertz CT molecular complexity index is 647. The zero-order valence-electron chi connectivity index (χ0n) is 13.7. The normalized spacial score (nSPS) is 10.3. The summed E-state index contributed by atoms with van der Waals surface area (Å²) in [5.74, 6) is 1.01. The van der Waals surface area contributed by atoms with E-state index in [1.807, 2.05) is 19.9 Å². The second kappa shape index (κ2) is 7.49. The highest BCUT2D eigenvalue weighted by molar-refractivity contribution is 6.07. The Morgan fingerprint density at radius 1 is 1.09 bits per heavy atom. The summed E-state index contributed by atoms with van der Waals surface area (Å²) < 4.78 is 10.5. The smallest absolute Gasteiger partial charge is 0.264 e. The van der Waals surface area contributed by atoms with E-state index in [4.69, 9.17) is 9.47 Å². The molecule has 1 heterocycles. The number of nitrogens with zero attached hydrogens (tertiary/aromatic N) is 1. The number of carbonyl (C=O) groups excluding carboxylic acids is 1. The fourth-order valence-corrected chi connectivity index (χ4v) is 2.14. The number of aromatic nitrogens is 1. The number of methoxy groups -OCH3 is 2. The summed E-state index contributed by atoms with van der Waals surface area (Å²) in [5.41, 5.74) is 1.23. The molecule has 1 aromatic heterocycles. The zero-order valence-corrected chi connectivity index (χ0v) is 13.7. The van der Waals surface area contributed by atoms with Gasteiger partial charge in [-0.2, -0.15) is 0 Å². The topological polar surface area (TPSA) is 72.5 Å². The molecule has 122 valence electrons. The van der Waals surface area contributed by atoms with Gasteiger partial charge in [0.15, 0.2) is 0 Å². The largest absolute Gasteiger partial charge is 0.496 e. The first-order chi connectivity index (χ1) is 11.0. The van der Waals surface area contributed by atoms with Crippen LogP contribution in [-0.4, -0.2) is 31.2 Å². The molecule has 0 fully saturated rings. The van der Waals surface area contributed by atoms with Crippen molar-refractivity contribution in [2.75, 3.05) is 24.9 Å². The third-order valence-corrected chi connectivity index (χ3v) is 3.12. The molecule has 0 aliphatic heterocycles. The molecular weight excluding hydrogens is 294 g/mol. The molecule has 2 rings (SSSR count). The molecule has 1 aromatic carbocycles. The van der Waals surface area contributed by atoms with E-state index in [1.165, 1.54) is 14.2 Å². The summed E-state index contributed by atoms with van der Waals surface area (Å²) >= 11 is 0. The van der Waals surface area contributed by atoms with Gasteiger partial charge in [-0.05, 0) is 38.1 Å². The first-order valence-corrected chi connectivity index (χ1v) is 7.30. The van der Waals surface area contributed by atoms with Crippen molar-refractivity contribution in [2.45, 2.75) is 19.9 Å². The van der Waals surface area contributed by atoms with Gasteiger partial charge in [0.05, 0.1) is 26.1 Å². The molecule has 2 aromatic rings. The lowest BCUT2D eigenvalue weighted by Gasteiger charge is -2.13. The molecule has 0 saturated heterocycles. The number of hydrogen-bond acceptors (Lipinski definition) is 5. The third-order valence-electron chi connectivity index (χ3n) is 3.12. The number of pyridine rings is 1. The summed E-state index contributed by atoms with van der Waals surface area (Å²) in [4.78, 5) is 16.7. The van der Waals surface area contributed by atoms with Crippen LogP contribution in [0.4, 0.5) is 11.5 Å². The van der Waals surface area contributed by atoms with Crippen LogP contribution in [0.3, 0.4) is 0 Å². The van der Waals surface area contributed by atoms with E-state index in [-0.39, 0.29) is 5.91 Å². The number of nitrogens with one attached hydrogen (secondary N) is 2. The molecule has 0 spiro atoms. The molecule has 6 heteroatoms. The molecule has 23 heavy (non-hydrogen) atoms. The van der Waals surface area contributed by atoms with Crippen molar-refractivity contribution in [2.24, 2.45) is 0 Å². The summed E-state index contributed by atoms with van der Waals surface area (Å²) in [7, 11) is 3.02. The Labute approximate surface area is 135 Å². The maximum atomic E-state index is 12.5. The Hall–Kier alpha value is -2.76. The van der Waals surface area contributed by atoms with Crippen molar-refractivity contribution in [3.05, 3.63) is 42.1 Å². The molecule has 0 radical (unpaired) electrons. The molecule has 0 aliphatic carbocycles. The molecular formula is C17H21N3O3. The minimum Gasteiger partial charge on any atom is -0.496 e. The fourth-order valence-electron chi connectivity index (χ4n) is 2.14. The van der Waals surface area contributed by atoms with Crippen molar-refractivity contribution in [3.63, 3.8) is 0 Å². The third kappa shape index (κ3) is 4.12. The van der Waals surface area contributed by atoms with Gasteiger partial charge in [0.1, 0.15) is 22.9 Å². The first-order valence-electron chi connectivity index (χ1n) is 7.30. The Balaban J connectivity index is 2.19. The van der Waals surface area contributed by atoms with Gasteiger partial charge in [0.2, 0.25) is 0 Å². The highest BCUT2D eigenvalue weighted by Gasteiger charge is 2.18. The van der Waals surface area contributed by atoms with E-state index in [0.29, 0.717) is 28.9 Å².